The number of rotatable bonds is 2. The lowest BCUT2D eigenvalue weighted by Crippen LogP contribution is -2.32. The van der Waals surface area contributed by atoms with E-state index >= 15 is 0 Å². The standard InChI is InChI=1S/C7H11NO3/c1-3-7(2,4-5-9)11-6(8)10/h9H,3H2,1-2H3,(H2,8,10). The largest absolute Gasteiger partial charge is 0.462 e. The number of hydrogen-bond donors (Lipinski definition) is 2. The number of nitrogens with two attached hydrogens (primary N) is 1. The highest BCUT2D eigenvalue weighted by Gasteiger charge is 2.22. The maximum Gasteiger partial charge on any atom is 0.406 e. The average Bonchev–Trinajstić information content (AvgIpc) is 1.87. The van der Waals surface area contributed by atoms with E-state index < -0.39 is 11.7 Å². The lowest BCUT2D eigenvalue weighted by atomic mass is 10.1. The average molecular weight is 157 g/mol. The summed E-state index contributed by atoms with van der Waals surface area (Å²) in [6.07, 6.45) is 1.27. The first kappa shape index (κ1) is 9.63. The minimum absolute atomic E-state index is 0.476. The summed E-state index contributed by atoms with van der Waals surface area (Å²) in [4.78, 5) is 10.3. The molecule has 1 unspecified atom stereocenters. The van der Waals surface area contributed by atoms with Gasteiger partial charge in [-0.15, -0.1) is 0 Å². The molecule has 0 aromatic heterocycles. The van der Waals surface area contributed by atoms with E-state index in [9.17, 15) is 4.79 Å². The maximum atomic E-state index is 10.3. The molecule has 0 saturated carbocycles. The monoisotopic (exact) mass is 157 g/mol. The fourth-order valence-corrected chi connectivity index (χ4v) is 0.526. The Morgan fingerprint density at radius 3 is 2.64 bits per heavy atom. The van der Waals surface area contributed by atoms with Crippen LogP contribution < -0.4 is 5.73 Å². The van der Waals surface area contributed by atoms with Gasteiger partial charge in [0.05, 0.1) is 0 Å². The normalized spacial score (nSPS) is 14.0. The van der Waals surface area contributed by atoms with Crippen LogP contribution in [0.2, 0.25) is 0 Å². The van der Waals surface area contributed by atoms with Crippen molar-refractivity contribution in [3.8, 4) is 12.0 Å². The predicted molar refractivity (Wildman–Crippen MR) is 39.1 cm³/mol. The molecule has 0 spiro atoms. The molecule has 0 aliphatic heterocycles. The van der Waals surface area contributed by atoms with Gasteiger partial charge < -0.3 is 15.6 Å². The fraction of sp³-hybridized carbons (Fsp3) is 0.571. The molecule has 0 aromatic rings. The van der Waals surface area contributed by atoms with Crippen LogP contribution in [0.1, 0.15) is 20.3 Å². The Kier molecular flexibility index (Phi) is 3.25. The van der Waals surface area contributed by atoms with E-state index in [1.165, 1.54) is 0 Å². The summed E-state index contributed by atoms with van der Waals surface area (Å²) in [6, 6.07) is 0. The third-order valence-electron chi connectivity index (χ3n) is 1.32. The molecule has 0 aromatic carbocycles. The highest BCUT2D eigenvalue weighted by atomic mass is 16.6. The Morgan fingerprint density at radius 2 is 2.36 bits per heavy atom. The van der Waals surface area contributed by atoms with Crippen molar-refractivity contribution < 1.29 is 14.6 Å². The first-order chi connectivity index (χ1) is 5.04. The minimum Gasteiger partial charge on any atom is -0.462 e. The van der Waals surface area contributed by atoms with Crippen LogP contribution in [-0.4, -0.2) is 16.8 Å². The summed E-state index contributed by atoms with van der Waals surface area (Å²) in [7, 11) is 0. The van der Waals surface area contributed by atoms with Crippen molar-refractivity contribution in [2.75, 3.05) is 0 Å². The third kappa shape index (κ3) is 3.36. The van der Waals surface area contributed by atoms with Crippen LogP contribution in [0.25, 0.3) is 0 Å². The van der Waals surface area contributed by atoms with Gasteiger partial charge >= 0.3 is 6.09 Å². The molecule has 11 heavy (non-hydrogen) atoms. The summed E-state index contributed by atoms with van der Waals surface area (Å²) in [5.74, 6) is 2.32. The summed E-state index contributed by atoms with van der Waals surface area (Å²) in [5.41, 5.74) is 3.80. The highest BCUT2D eigenvalue weighted by molar-refractivity contribution is 5.65. The zero-order valence-corrected chi connectivity index (χ0v) is 6.55. The molecule has 0 saturated heterocycles. The fourth-order valence-electron chi connectivity index (χ4n) is 0.526. The molecule has 3 N–H and O–H groups in total. The van der Waals surface area contributed by atoms with Crippen molar-refractivity contribution in [1.82, 2.24) is 0 Å². The highest BCUT2D eigenvalue weighted by Crippen LogP contribution is 2.12. The van der Waals surface area contributed by atoms with E-state index in [1.807, 2.05) is 0 Å². The van der Waals surface area contributed by atoms with Crippen molar-refractivity contribution in [2.24, 2.45) is 5.73 Å². The van der Waals surface area contributed by atoms with Gasteiger partial charge in [0.15, 0.2) is 5.60 Å². The molecule has 0 bridgehead atoms. The van der Waals surface area contributed by atoms with Crippen LogP contribution in [0.15, 0.2) is 0 Å². The van der Waals surface area contributed by atoms with E-state index in [4.69, 9.17) is 10.8 Å². The van der Waals surface area contributed by atoms with Crippen LogP contribution in [0.4, 0.5) is 4.79 Å². The zero-order valence-electron chi connectivity index (χ0n) is 6.55. The van der Waals surface area contributed by atoms with E-state index in [0.29, 0.717) is 6.42 Å². The molecule has 0 fully saturated rings. The van der Waals surface area contributed by atoms with Crippen molar-refractivity contribution in [1.29, 1.82) is 0 Å². The number of carbonyl (C=O) groups is 1. The second-order valence-corrected chi connectivity index (χ2v) is 2.24. The molecule has 0 heterocycles. The minimum atomic E-state index is -0.972. The number of ether oxygens (including phenoxy) is 1. The molecule has 0 rings (SSSR count). The van der Waals surface area contributed by atoms with Crippen LogP contribution >= 0.6 is 0 Å². The number of aliphatic hydroxyl groups is 1. The van der Waals surface area contributed by atoms with Gasteiger partial charge in [-0.2, -0.15) is 0 Å². The molecule has 62 valence electrons. The van der Waals surface area contributed by atoms with E-state index in [1.54, 1.807) is 20.0 Å². The van der Waals surface area contributed by atoms with Gasteiger partial charge in [-0.05, 0) is 19.3 Å². The number of aliphatic hydroxyl groups excluding tert-OH is 1. The van der Waals surface area contributed by atoms with Crippen molar-refractivity contribution >= 4 is 6.09 Å². The molecule has 4 heteroatoms. The lowest BCUT2D eigenvalue weighted by Gasteiger charge is -2.19. The first-order valence-electron chi connectivity index (χ1n) is 3.19. The van der Waals surface area contributed by atoms with Gasteiger partial charge in [0.2, 0.25) is 0 Å². The number of hydrogen-bond acceptors (Lipinski definition) is 3. The van der Waals surface area contributed by atoms with Crippen molar-refractivity contribution in [3.05, 3.63) is 0 Å². The predicted octanol–water partition coefficient (Wildman–Crippen LogP) is 0.584. The Bertz CT molecular complexity index is 203. The van der Waals surface area contributed by atoms with Gasteiger partial charge in [0.1, 0.15) is 6.11 Å². The van der Waals surface area contributed by atoms with Gasteiger partial charge in [-0.1, -0.05) is 6.92 Å². The van der Waals surface area contributed by atoms with Crippen LogP contribution in [0.5, 0.6) is 0 Å². The molecule has 0 aliphatic rings. The van der Waals surface area contributed by atoms with E-state index in [2.05, 4.69) is 10.7 Å². The Balaban J connectivity index is 4.30. The topological polar surface area (TPSA) is 72.6 Å². The first-order valence-corrected chi connectivity index (χ1v) is 3.19. The molecular formula is C7H11NO3. The molecule has 1 amide bonds. The molecule has 0 aliphatic carbocycles. The second kappa shape index (κ2) is 3.71. The van der Waals surface area contributed by atoms with Gasteiger partial charge in [0, 0.05) is 0 Å². The number of amides is 1. The quantitative estimate of drug-likeness (QED) is 0.576. The Morgan fingerprint density at radius 1 is 1.82 bits per heavy atom. The summed E-state index contributed by atoms with van der Waals surface area (Å²) < 4.78 is 4.63. The maximum absolute atomic E-state index is 10.3. The Hall–Kier alpha value is -1.37. The van der Waals surface area contributed by atoms with E-state index in [-0.39, 0.29) is 0 Å². The van der Waals surface area contributed by atoms with Crippen molar-refractivity contribution in [2.45, 2.75) is 25.9 Å². The van der Waals surface area contributed by atoms with Gasteiger partial charge in [-0.3, -0.25) is 0 Å². The SMILES string of the molecule is CCC(C)(C#CO)OC(N)=O. The second-order valence-electron chi connectivity index (χ2n) is 2.24. The number of primary amides is 1. The van der Waals surface area contributed by atoms with Gasteiger partial charge in [-0.25, -0.2) is 4.79 Å². The summed E-state index contributed by atoms with van der Waals surface area (Å²) in [5, 5.41) is 8.25. The lowest BCUT2D eigenvalue weighted by molar-refractivity contribution is 0.0707. The molecule has 4 nitrogen and oxygen atoms in total. The summed E-state index contributed by atoms with van der Waals surface area (Å²) >= 11 is 0. The van der Waals surface area contributed by atoms with Crippen LogP contribution in [0, 0.1) is 12.0 Å². The Labute approximate surface area is 65.3 Å². The molecule has 0 radical (unpaired) electrons. The third-order valence-corrected chi connectivity index (χ3v) is 1.32. The van der Waals surface area contributed by atoms with Gasteiger partial charge in [0.25, 0.3) is 0 Å². The van der Waals surface area contributed by atoms with Crippen molar-refractivity contribution in [3.63, 3.8) is 0 Å². The smallest absolute Gasteiger partial charge is 0.406 e. The van der Waals surface area contributed by atoms with Crippen LogP contribution in [-0.2, 0) is 4.74 Å². The molecule has 1 atom stereocenters. The zero-order chi connectivity index (χ0) is 8.91. The molecular weight excluding hydrogens is 146 g/mol. The number of carbonyl (C=O) groups excluding carboxylic acids is 1. The van der Waals surface area contributed by atoms with E-state index in [0.717, 1.165) is 0 Å². The van der Waals surface area contributed by atoms with Crippen LogP contribution in [0.3, 0.4) is 0 Å². The summed E-state index contributed by atoms with van der Waals surface area (Å²) in [6.45, 7) is 3.34.